The number of aliphatic imine (C=N–C) groups is 1. The Morgan fingerprint density at radius 1 is 0.645 bits per heavy atom. The van der Waals surface area contributed by atoms with Gasteiger partial charge in [-0.2, -0.15) is 0 Å². The highest BCUT2D eigenvalue weighted by Crippen LogP contribution is 2.45. The first kappa shape index (κ1) is 19.6. The summed E-state index contributed by atoms with van der Waals surface area (Å²) in [4.78, 5) is 4.75. The van der Waals surface area contributed by atoms with Gasteiger partial charge in [-0.25, -0.2) is 0 Å². The van der Waals surface area contributed by atoms with Gasteiger partial charge in [0.2, 0.25) is 0 Å². The van der Waals surface area contributed by atoms with Crippen molar-refractivity contribution in [1.29, 1.82) is 0 Å². The molecule has 5 aromatic carbocycles. The lowest BCUT2D eigenvalue weighted by atomic mass is 9.92. The molecule has 31 heavy (non-hydrogen) atoms. The highest BCUT2D eigenvalue weighted by molar-refractivity contribution is 14.1. The van der Waals surface area contributed by atoms with E-state index in [1.165, 1.54) is 0 Å². The second kappa shape index (κ2) is 8.04. The number of nitrogens with zero attached hydrogens (tertiary/aromatic N) is 1. The molecule has 4 heteroatoms. The van der Waals surface area contributed by atoms with Crippen LogP contribution in [-0.4, -0.2) is 16.4 Å². The van der Waals surface area contributed by atoms with Crippen LogP contribution in [0.1, 0.15) is 5.56 Å². The molecule has 0 aliphatic rings. The Morgan fingerprint density at radius 2 is 1.26 bits per heavy atom. The summed E-state index contributed by atoms with van der Waals surface area (Å²) < 4.78 is 1.02. The fraction of sp³-hybridized carbons (Fsp3) is 0. The molecule has 0 spiro atoms. The molecule has 2 N–H and O–H groups in total. The van der Waals surface area contributed by atoms with Gasteiger partial charge in [-0.15, -0.1) is 0 Å². The molecule has 5 rings (SSSR count). The van der Waals surface area contributed by atoms with Gasteiger partial charge in [0.25, 0.3) is 0 Å². The van der Waals surface area contributed by atoms with Crippen molar-refractivity contribution in [1.82, 2.24) is 0 Å². The molecule has 0 saturated carbocycles. The molecule has 150 valence electrons. The number of rotatable bonds is 3. The largest absolute Gasteiger partial charge is 0.507 e. The summed E-state index contributed by atoms with van der Waals surface area (Å²) >= 11 is 2.21. The summed E-state index contributed by atoms with van der Waals surface area (Å²) in [6.45, 7) is 0. The van der Waals surface area contributed by atoms with Gasteiger partial charge in [0.15, 0.2) is 0 Å². The van der Waals surface area contributed by atoms with Crippen molar-refractivity contribution >= 4 is 56.0 Å². The first-order valence-electron chi connectivity index (χ1n) is 9.87. The van der Waals surface area contributed by atoms with Crippen molar-refractivity contribution in [2.24, 2.45) is 4.99 Å². The van der Waals surface area contributed by atoms with Crippen molar-refractivity contribution in [3.05, 3.63) is 100 Å². The maximum absolute atomic E-state index is 10.9. The molecule has 0 atom stereocenters. The average molecular weight is 515 g/mol. The van der Waals surface area contributed by atoms with E-state index in [0.717, 1.165) is 41.9 Å². The van der Waals surface area contributed by atoms with E-state index in [1.807, 2.05) is 72.8 Å². The van der Waals surface area contributed by atoms with E-state index in [9.17, 15) is 10.2 Å². The predicted molar refractivity (Wildman–Crippen MR) is 137 cm³/mol. The molecule has 0 aromatic heterocycles. The average Bonchev–Trinajstić information content (AvgIpc) is 2.79. The zero-order chi connectivity index (χ0) is 21.4. The Morgan fingerprint density at radius 3 is 2.00 bits per heavy atom. The standard InChI is InChI=1S/C27H18INO2/c28-20-11-14-24(30)19(15-20)16-29-23-12-9-17-5-1-3-7-21(17)26(23)27-22-8-4-2-6-18(22)10-13-25(27)31/h1-16,30-31H. The third-order valence-electron chi connectivity index (χ3n) is 5.40. The second-order valence-corrected chi connectivity index (χ2v) is 8.57. The van der Waals surface area contributed by atoms with E-state index in [2.05, 4.69) is 28.7 Å². The van der Waals surface area contributed by atoms with E-state index >= 15 is 0 Å². The van der Waals surface area contributed by atoms with Gasteiger partial charge in [-0.3, -0.25) is 4.99 Å². The second-order valence-electron chi connectivity index (χ2n) is 7.32. The number of aromatic hydroxyl groups is 2. The van der Waals surface area contributed by atoms with Crippen LogP contribution in [0.2, 0.25) is 0 Å². The van der Waals surface area contributed by atoms with E-state index in [0.29, 0.717) is 5.56 Å². The number of benzene rings is 5. The Kier molecular flexibility index (Phi) is 5.08. The Bertz CT molecular complexity index is 1470. The lowest BCUT2D eigenvalue weighted by Crippen LogP contribution is -1.88. The molecule has 0 unspecified atom stereocenters. The normalized spacial score (nSPS) is 11.5. The highest BCUT2D eigenvalue weighted by atomic mass is 127. The van der Waals surface area contributed by atoms with Gasteiger partial charge < -0.3 is 10.2 Å². The van der Waals surface area contributed by atoms with Crippen LogP contribution in [-0.2, 0) is 0 Å². The van der Waals surface area contributed by atoms with Crippen molar-refractivity contribution in [2.45, 2.75) is 0 Å². The van der Waals surface area contributed by atoms with Crippen LogP contribution in [0, 0.1) is 3.57 Å². The Balaban J connectivity index is 1.81. The molecule has 0 bridgehead atoms. The molecular formula is C27H18INO2. The number of phenols is 2. The smallest absolute Gasteiger partial charge is 0.124 e. The van der Waals surface area contributed by atoms with Crippen molar-refractivity contribution < 1.29 is 10.2 Å². The molecule has 0 aliphatic carbocycles. The SMILES string of the molecule is Oc1ccc(I)cc1C=Nc1ccc2ccccc2c1-c1c(O)ccc2ccccc12. The Hall–Kier alpha value is -3.38. The zero-order valence-electron chi connectivity index (χ0n) is 16.5. The molecule has 5 aromatic rings. The highest BCUT2D eigenvalue weighted by Gasteiger charge is 2.16. The van der Waals surface area contributed by atoms with Gasteiger partial charge in [-0.1, -0.05) is 60.7 Å². The minimum absolute atomic E-state index is 0.180. The monoisotopic (exact) mass is 515 g/mol. The lowest BCUT2D eigenvalue weighted by Gasteiger charge is -2.15. The predicted octanol–water partition coefficient (Wildman–Crippen LogP) is 7.43. The molecule has 0 heterocycles. The van der Waals surface area contributed by atoms with E-state index in [4.69, 9.17) is 4.99 Å². The third-order valence-corrected chi connectivity index (χ3v) is 6.07. The van der Waals surface area contributed by atoms with Crippen LogP contribution < -0.4 is 0 Å². The molecule has 0 radical (unpaired) electrons. The first-order chi connectivity index (χ1) is 15.1. The molecular weight excluding hydrogens is 497 g/mol. The summed E-state index contributed by atoms with van der Waals surface area (Å²) in [5.74, 6) is 0.392. The van der Waals surface area contributed by atoms with Gasteiger partial charge in [-0.05, 0) is 74.5 Å². The number of hydrogen-bond acceptors (Lipinski definition) is 3. The van der Waals surface area contributed by atoms with Crippen LogP contribution in [0.4, 0.5) is 5.69 Å². The van der Waals surface area contributed by atoms with E-state index < -0.39 is 0 Å². The molecule has 0 aliphatic heterocycles. The zero-order valence-corrected chi connectivity index (χ0v) is 18.6. The maximum Gasteiger partial charge on any atom is 0.124 e. The van der Waals surface area contributed by atoms with E-state index in [-0.39, 0.29) is 11.5 Å². The van der Waals surface area contributed by atoms with Gasteiger partial charge in [0, 0.05) is 26.5 Å². The number of halogens is 1. The van der Waals surface area contributed by atoms with Crippen molar-refractivity contribution in [3.8, 4) is 22.6 Å². The minimum Gasteiger partial charge on any atom is -0.507 e. The first-order valence-corrected chi connectivity index (χ1v) is 10.9. The van der Waals surface area contributed by atoms with Gasteiger partial charge >= 0.3 is 0 Å². The minimum atomic E-state index is 0.180. The van der Waals surface area contributed by atoms with E-state index in [1.54, 1.807) is 18.3 Å². The number of phenolic OH excluding ortho intramolecular Hbond substituents is 2. The van der Waals surface area contributed by atoms with Crippen molar-refractivity contribution in [3.63, 3.8) is 0 Å². The summed E-state index contributed by atoms with van der Waals surface area (Å²) in [6, 6.07) is 29.2. The molecule has 3 nitrogen and oxygen atoms in total. The quantitative estimate of drug-likeness (QED) is 0.194. The lowest BCUT2D eigenvalue weighted by molar-refractivity contribution is 0.474. The van der Waals surface area contributed by atoms with Crippen LogP contribution in [0.3, 0.4) is 0 Å². The molecule has 0 saturated heterocycles. The summed E-state index contributed by atoms with van der Waals surface area (Å²) in [5, 5.41) is 25.2. The number of fused-ring (bicyclic) bond motifs is 2. The summed E-state index contributed by atoms with van der Waals surface area (Å²) in [5.41, 5.74) is 3.00. The van der Waals surface area contributed by atoms with Crippen LogP contribution >= 0.6 is 22.6 Å². The molecule has 0 amide bonds. The summed E-state index contributed by atoms with van der Waals surface area (Å²) in [7, 11) is 0. The molecule has 0 fully saturated rings. The van der Waals surface area contributed by atoms with Crippen LogP contribution in [0.5, 0.6) is 11.5 Å². The van der Waals surface area contributed by atoms with Crippen LogP contribution in [0.15, 0.2) is 96.0 Å². The van der Waals surface area contributed by atoms with Gasteiger partial charge in [0.05, 0.1) is 5.69 Å². The number of hydrogen-bond donors (Lipinski definition) is 2. The Labute approximate surface area is 193 Å². The fourth-order valence-corrected chi connectivity index (χ4v) is 4.44. The van der Waals surface area contributed by atoms with Crippen molar-refractivity contribution in [2.75, 3.05) is 0 Å². The topological polar surface area (TPSA) is 52.8 Å². The fourth-order valence-electron chi connectivity index (χ4n) is 3.92. The van der Waals surface area contributed by atoms with Crippen LogP contribution in [0.25, 0.3) is 32.7 Å². The third kappa shape index (κ3) is 3.64. The van der Waals surface area contributed by atoms with Gasteiger partial charge in [0.1, 0.15) is 11.5 Å². The summed E-state index contributed by atoms with van der Waals surface area (Å²) in [6.07, 6.45) is 1.67. The maximum atomic E-state index is 10.9.